The minimum absolute atomic E-state index is 0.176. The number of benzene rings is 1. The lowest BCUT2D eigenvalue weighted by atomic mass is 10.0. The highest BCUT2D eigenvalue weighted by atomic mass is 16.2. The van der Waals surface area contributed by atoms with E-state index in [2.05, 4.69) is 18.7 Å². The van der Waals surface area contributed by atoms with Crippen LogP contribution in [0.5, 0.6) is 0 Å². The number of rotatable bonds is 5. The van der Waals surface area contributed by atoms with Crippen molar-refractivity contribution in [3.8, 4) is 0 Å². The predicted octanol–water partition coefficient (Wildman–Crippen LogP) is 2.02. The summed E-state index contributed by atoms with van der Waals surface area (Å²) in [5, 5.41) is 0. The van der Waals surface area contributed by atoms with Gasteiger partial charge in [-0.15, -0.1) is 0 Å². The Morgan fingerprint density at radius 3 is 2.38 bits per heavy atom. The Labute approximate surface area is 127 Å². The van der Waals surface area contributed by atoms with Crippen LogP contribution in [0.2, 0.25) is 0 Å². The lowest BCUT2D eigenvalue weighted by Crippen LogP contribution is -2.51. The van der Waals surface area contributed by atoms with Crippen molar-refractivity contribution in [2.45, 2.75) is 38.8 Å². The van der Waals surface area contributed by atoms with Crippen LogP contribution in [0, 0.1) is 0 Å². The molecule has 4 nitrogen and oxygen atoms in total. The zero-order valence-corrected chi connectivity index (χ0v) is 13.2. The zero-order chi connectivity index (χ0) is 15.2. The van der Waals surface area contributed by atoms with E-state index < -0.39 is 0 Å². The van der Waals surface area contributed by atoms with Gasteiger partial charge in [-0.25, -0.2) is 0 Å². The van der Waals surface area contributed by atoms with Gasteiger partial charge in [-0.1, -0.05) is 37.3 Å². The molecule has 1 saturated heterocycles. The summed E-state index contributed by atoms with van der Waals surface area (Å²) < 4.78 is 0. The maximum Gasteiger partial charge on any atom is 0.224 e. The number of carbonyl (C=O) groups is 1. The molecule has 0 aliphatic carbocycles. The minimum atomic E-state index is -0.203. The van der Waals surface area contributed by atoms with Gasteiger partial charge in [0.25, 0.3) is 0 Å². The first kappa shape index (κ1) is 16.0. The van der Waals surface area contributed by atoms with Crippen LogP contribution < -0.4 is 5.73 Å². The van der Waals surface area contributed by atoms with Crippen LogP contribution >= 0.6 is 0 Å². The highest BCUT2D eigenvalue weighted by Crippen LogP contribution is 2.16. The highest BCUT2D eigenvalue weighted by Gasteiger charge is 2.24. The zero-order valence-electron chi connectivity index (χ0n) is 13.2. The van der Waals surface area contributed by atoms with Crippen LogP contribution in [0.1, 0.15) is 38.3 Å². The highest BCUT2D eigenvalue weighted by molar-refractivity contribution is 5.77. The van der Waals surface area contributed by atoms with Crippen molar-refractivity contribution < 1.29 is 4.79 Å². The van der Waals surface area contributed by atoms with Crippen molar-refractivity contribution in [2.24, 2.45) is 5.73 Å². The SMILES string of the molecule is CCC(C)N1CCN(C(=O)CC(N)c2ccccc2)CC1. The summed E-state index contributed by atoms with van der Waals surface area (Å²) in [6, 6.07) is 10.3. The summed E-state index contributed by atoms with van der Waals surface area (Å²) in [4.78, 5) is 16.8. The van der Waals surface area contributed by atoms with E-state index in [0.717, 1.165) is 38.2 Å². The van der Waals surface area contributed by atoms with E-state index >= 15 is 0 Å². The van der Waals surface area contributed by atoms with Crippen molar-refractivity contribution in [1.82, 2.24) is 9.80 Å². The van der Waals surface area contributed by atoms with Gasteiger partial charge in [-0.05, 0) is 18.9 Å². The Kier molecular flexibility index (Phi) is 5.76. The molecule has 0 bridgehead atoms. The molecule has 0 radical (unpaired) electrons. The van der Waals surface area contributed by atoms with Gasteiger partial charge in [0.2, 0.25) is 5.91 Å². The standard InChI is InChI=1S/C17H27N3O/c1-3-14(2)19-9-11-20(12-10-19)17(21)13-16(18)15-7-5-4-6-8-15/h4-8,14,16H,3,9-13,18H2,1-2H3. The maximum absolute atomic E-state index is 12.4. The quantitative estimate of drug-likeness (QED) is 0.902. The molecule has 1 aromatic carbocycles. The molecule has 0 saturated carbocycles. The van der Waals surface area contributed by atoms with Crippen molar-refractivity contribution >= 4 is 5.91 Å². The average molecular weight is 289 g/mol. The smallest absolute Gasteiger partial charge is 0.224 e. The Morgan fingerprint density at radius 2 is 1.81 bits per heavy atom. The summed E-state index contributed by atoms with van der Waals surface area (Å²) in [5.74, 6) is 0.176. The second kappa shape index (κ2) is 7.57. The third-order valence-corrected chi connectivity index (χ3v) is 4.50. The molecule has 0 spiro atoms. The summed E-state index contributed by atoms with van der Waals surface area (Å²) in [5.41, 5.74) is 7.17. The van der Waals surface area contributed by atoms with E-state index in [4.69, 9.17) is 5.73 Å². The Bertz CT molecular complexity index is 441. The van der Waals surface area contributed by atoms with Gasteiger partial charge in [0.05, 0.1) is 0 Å². The fraction of sp³-hybridized carbons (Fsp3) is 0.588. The van der Waals surface area contributed by atoms with E-state index in [1.807, 2.05) is 35.2 Å². The largest absolute Gasteiger partial charge is 0.340 e. The molecule has 1 aromatic rings. The Morgan fingerprint density at radius 1 is 1.19 bits per heavy atom. The topological polar surface area (TPSA) is 49.6 Å². The van der Waals surface area contributed by atoms with E-state index in [1.165, 1.54) is 0 Å². The maximum atomic E-state index is 12.4. The van der Waals surface area contributed by atoms with Crippen molar-refractivity contribution in [3.05, 3.63) is 35.9 Å². The number of amides is 1. The molecule has 21 heavy (non-hydrogen) atoms. The molecule has 2 rings (SSSR count). The van der Waals surface area contributed by atoms with Gasteiger partial charge in [-0.2, -0.15) is 0 Å². The molecular formula is C17H27N3O. The molecule has 1 heterocycles. The molecular weight excluding hydrogens is 262 g/mol. The first-order chi connectivity index (χ1) is 10.1. The Hall–Kier alpha value is -1.39. The second-order valence-electron chi connectivity index (χ2n) is 5.90. The number of nitrogens with zero attached hydrogens (tertiary/aromatic N) is 2. The number of nitrogens with two attached hydrogens (primary N) is 1. The number of piperazine rings is 1. The molecule has 1 aliphatic heterocycles. The monoisotopic (exact) mass is 289 g/mol. The van der Waals surface area contributed by atoms with Crippen molar-refractivity contribution in [1.29, 1.82) is 0 Å². The number of carbonyl (C=O) groups excluding carboxylic acids is 1. The van der Waals surface area contributed by atoms with Gasteiger partial charge in [0.15, 0.2) is 0 Å². The van der Waals surface area contributed by atoms with Crippen molar-refractivity contribution in [3.63, 3.8) is 0 Å². The normalized spacial score (nSPS) is 19.3. The first-order valence-corrected chi connectivity index (χ1v) is 7.94. The fourth-order valence-electron chi connectivity index (χ4n) is 2.81. The molecule has 1 fully saturated rings. The van der Waals surface area contributed by atoms with Crippen LogP contribution in [0.4, 0.5) is 0 Å². The lowest BCUT2D eigenvalue weighted by Gasteiger charge is -2.38. The Balaban J connectivity index is 1.82. The summed E-state index contributed by atoms with van der Waals surface area (Å²) in [6.45, 7) is 8.06. The van der Waals surface area contributed by atoms with E-state index in [-0.39, 0.29) is 11.9 Å². The second-order valence-corrected chi connectivity index (χ2v) is 5.90. The van der Waals surface area contributed by atoms with Crippen LogP contribution in [0.25, 0.3) is 0 Å². The first-order valence-electron chi connectivity index (χ1n) is 7.94. The average Bonchev–Trinajstić information content (AvgIpc) is 2.55. The van der Waals surface area contributed by atoms with Gasteiger partial charge >= 0.3 is 0 Å². The molecule has 2 atom stereocenters. The number of hydrogen-bond donors (Lipinski definition) is 1. The number of hydrogen-bond acceptors (Lipinski definition) is 3. The van der Waals surface area contributed by atoms with Gasteiger partial charge in [-0.3, -0.25) is 9.69 Å². The summed E-state index contributed by atoms with van der Waals surface area (Å²) in [7, 11) is 0. The molecule has 4 heteroatoms. The van der Waals surface area contributed by atoms with Crippen LogP contribution in [-0.4, -0.2) is 47.9 Å². The van der Waals surface area contributed by atoms with Gasteiger partial charge < -0.3 is 10.6 Å². The van der Waals surface area contributed by atoms with Crippen LogP contribution in [0.15, 0.2) is 30.3 Å². The molecule has 1 amide bonds. The summed E-state index contributed by atoms with van der Waals surface area (Å²) >= 11 is 0. The molecule has 2 unspecified atom stereocenters. The molecule has 0 aromatic heterocycles. The van der Waals surface area contributed by atoms with Gasteiger partial charge in [0.1, 0.15) is 0 Å². The molecule has 116 valence electrons. The third kappa shape index (κ3) is 4.29. The summed E-state index contributed by atoms with van der Waals surface area (Å²) in [6.07, 6.45) is 1.56. The van der Waals surface area contributed by atoms with E-state index in [1.54, 1.807) is 0 Å². The third-order valence-electron chi connectivity index (χ3n) is 4.50. The lowest BCUT2D eigenvalue weighted by molar-refractivity contribution is -0.133. The van der Waals surface area contributed by atoms with Crippen LogP contribution in [0.3, 0.4) is 0 Å². The molecule has 2 N–H and O–H groups in total. The molecule has 1 aliphatic rings. The minimum Gasteiger partial charge on any atom is -0.340 e. The predicted molar refractivity (Wildman–Crippen MR) is 85.9 cm³/mol. The van der Waals surface area contributed by atoms with E-state index in [9.17, 15) is 4.79 Å². The van der Waals surface area contributed by atoms with Crippen molar-refractivity contribution in [2.75, 3.05) is 26.2 Å². The fourth-order valence-corrected chi connectivity index (χ4v) is 2.81. The van der Waals surface area contributed by atoms with E-state index in [0.29, 0.717) is 12.5 Å². The van der Waals surface area contributed by atoms with Crippen LogP contribution in [-0.2, 0) is 4.79 Å². The van der Waals surface area contributed by atoms with Gasteiger partial charge in [0, 0.05) is 44.7 Å².